The van der Waals surface area contributed by atoms with E-state index in [2.05, 4.69) is 0 Å². The van der Waals surface area contributed by atoms with Gasteiger partial charge in [-0.1, -0.05) is 12.1 Å². The largest absolute Gasteiger partial charge is 0.337 e. The number of para-hydroxylation sites is 1. The standard InChI is InChI=1S/C16H21N3O2S/c17-9-12-5-3-4-8-18(12)15(20)10-19-13-6-1-2-7-14(13)22-11-16(19)21/h1-2,6-7,12H,3-5,8-11,17H2. The van der Waals surface area contributed by atoms with Crippen LogP contribution >= 0.6 is 11.8 Å². The Hall–Kier alpha value is -1.53. The summed E-state index contributed by atoms with van der Waals surface area (Å²) in [6.45, 7) is 1.36. The van der Waals surface area contributed by atoms with E-state index in [1.54, 1.807) is 4.90 Å². The molecule has 1 unspecified atom stereocenters. The summed E-state index contributed by atoms with van der Waals surface area (Å²) in [6, 6.07) is 7.87. The van der Waals surface area contributed by atoms with Crippen LogP contribution in [0.15, 0.2) is 29.2 Å². The lowest BCUT2D eigenvalue weighted by Gasteiger charge is -2.37. The van der Waals surface area contributed by atoms with Crippen LogP contribution in [0.2, 0.25) is 0 Å². The summed E-state index contributed by atoms with van der Waals surface area (Å²) in [5.41, 5.74) is 6.64. The number of rotatable bonds is 3. The number of carbonyl (C=O) groups is 2. The number of piperidine rings is 1. The molecule has 2 aliphatic rings. The fraction of sp³-hybridized carbons (Fsp3) is 0.500. The molecule has 1 atom stereocenters. The molecular formula is C16H21N3O2S. The van der Waals surface area contributed by atoms with E-state index >= 15 is 0 Å². The van der Waals surface area contributed by atoms with Gasteiger partial charge in [-0.15, -0.1) is 11.8 Å². The Kier molecular flexibility index (Phi) is 4.69. The quantitative estimate of drug-likeness (QED) is 0.916. The molecule has 1 fully saturated rings. The Labute approximate surface area is 134 Å². The normalized spacial score (nSPS) is 21.7. The first-order valence-electron chi connectivity index (χ1n) is 7.72. The van der Waals surface area contributed by atoms with E-state index in [-0.39, 0.29) is 24.4 Å². The van der Waals surface area contributed by atoms with Crippen LogP contribution in [0.25, 0.3) is 0 Å². The van der Waals surface area contributed by atoms with Gasteiger partial charge in [-0.3, -0.25) is 9.59 Å². The first-order chi connectivity index (χ1) is 10.7. The molecule has 2 heterocycles. The van der Waals surface area contributed by atoms with Crippen molar-refractivity contribution in [3.63, 3.8) is 0 Å². The Morgan fingerprint density at radius 2 is 2.14 bits per heavy atom. The molecule has 2 aliphatic heterocycles. The van der Waals surface area contributed by atoms with Crippen LogP contribution in [0.1, 0.15) is 19.3 Å². The monoisotopic (exact) mass is 319 g/mol. The van der Waals surface area contributed by atoms with Crippen LogP contribution < -0.4 is 10.6 Å². The highest BCUT2D eigenvalue weighted by Crippen LogP contribution is 2.34. The Bertz CT molecular complexity index is 578. The lowest BCUT2D eigenvalue weighted by Crippen LogP contribution is -2.52. The first-order valence-corrected chi connectivity index (χ1v) is 8.71. The Balaban J connectivity index is 1.77. The number of amides is 2. The maximum absolute atomic E-state index is 12.7. The fourth-order valence-electron chi connectivity index (χ4n) is 3.13. The summed E-state index contributed by atoms with van der Waals surface area (Å²) >= 11 is 1.53. The number of anilines is 1. The Morgan fingerprint density at radius 1 is 1.32 bits per heavy atom. The molecule has 22 heavy (non-hydrogen) atoms. The number of nitrogens with zero attached hydrogens (tertiary/aromatic N) is 2. The van der Waals surface area contributed by atoms with E-state index in [1.165, 1.54) is 11.8 Å². The molecule has 2 N–H and O–H groups in total. The summed E-state index contributed by atoms with van der Waals surface area (Å²) in [5.74, 6) is 0.397. The van der Waals surface area contributed by atoms with Gasteiger partial charge in [0.2, 0.25) is 11.8 Å². The van der Waals surface area contributed by atoms with Gasteiger partial charge in [0.25, 0.3) is 0 Å². The number of fused-ring (bicyclic) bond motifs is 1. The van der Waals surface area contributed by atoms with Crippen LogP contribution in [0, 0.1) is 0 Å². The van der Waals surface area contributed by atoms with Gasteiger partial charge in [0.1, 0.15) is 6.54 Å². The van der Waals surface area contributed by atoms with Crippen molar-refractivity contribution < 1.29 is 9.59 Å². The maximum Gasteiger partial charge on any atom is 0.242 e. The van der Waals surface area contributed by atoms with Crippen molar-refractivity contribution in [2.24, 2.45) is 5.73 Å². The number of hydrogen-bond donors (Lipinski definition) is 1. The topological polar surface area (TPSA) is 66.6 Å². The second kappa shape index (κ2) is 6.71. The van der Waals surface area contributed by atoms with E-state index in [9.17, 15) is 9.59 Å². The third kappa shape index (κ3) is 2.98. The molecule has 3 rings (SSSR count). The molecule has 0 bridgehead atoms. The van der Waals surface area contributed by atoms with Crippen LogP contribution in [-0.4, -0.2) is 48.1 Å². The van der Waals surface area contributed by atoms with E-state index in [4.69, 9.17) is 5.73 Å². The van der Waals surface area contributed by atoms with E-state index in [0.717, 1.165) is 36.4 Å². The van der Waals surface area contributed by atoms with E-state index < -0.39 is 0 Å². The van der Waals surface area contributed by atoms with Crippen LogP contribution in [0.4, 0.5) is 5.69 Å². The van der Waals surface area contributed by atoms with Crippen LogP contribution in [0.3, 0.4) is 0 Å². The van der Waals surface area contributed by atoms with E-state index in [1.807, 2.05) is 29.2 Å². The van der Waals surface area contributed by atoms with Crippen LogP contribution in [-0.2, 0) is 9.59 Å². The molecule has 2 amide bonds. The lowest BCUT2D eigenvalue weighted by atomic mass is 10.0. The minimum absolute atomic E-state index is 0.00152. The van der Waals surface area contributed by atoms with Gasteiger partial charge in [0, 0.05) is 24.0 Å². The Morgan fingerprint density at radius 3 is 2.95 bits per heavy atom. The smallest absolute Gasteiger partial charge is 0.242 e. The van der Waals surface area contributed by atoms with Crippen LogP contribution in [0.5, 0.6) is 0 Å². The highest BCUT2D eigenvalue weighted by molar-refractivity contribution is 8.00. The number of carbonyl (C=O) groups excluding carboxylic acids is 2. The maximum atomic E-state index is 12.7. The number of benzene rings is 1. The lowest BCUT2D eigenvalue weighted by molar-refractivity contribution is -0.134. The van der Waals surface area contributed by atoms with Crippen molar-refractivity contribution in [1.82, 2.24) is 4.90 Å². The summed E-state index contributed by atoms with van der Waals surface area (Å²) < 4.78 is 0. The summed E-state index contributed by atoms with van der Waals surface area (Å²) in [7, 11) is 0. The molecule has 5 nitrogen and oxygen atoms in total. The van der Waals surface area contributed by atoms with Crippen molar-refractivity contribution in [3.05, 3.63) is 24.3 Å². The number of hydrogen-bond acceptors (Lipinski definition) is 4. The average Bonchev–Trinajstić information content (AvgIpc) is 2.57. The van der Waals surface area contributed by atoms with Crippen molar-refractivity contribution in [1.29, 1.82) is 0 Å². The highest BCUT2D eigenvalue weighted by Gasteiger charge is 2.31. The van der Waals surface area contributed by atoms with Gasteiger partial charge >= 0.3 is 0 Å². The zero-order valence-electron chi connectivity index (χ0n) is 12.5. The molecule has 0 aromatic heterocycles. The molecule has 0 saturated carbocycles. The highest BCUT2D eigenvalue weighted by atomic mass is 32.2. The van der Waals surface area contributed by atoms with Gasteiger partial charge in [-0.05, 0) is 31.4 Å². The third-order valence-electron chi connectivity index (χ3n) is 4.32. The molecule has 1 saturated heterocycles. The summed E-state index contributed by atoms with van der Waals surface area (Å²) in [4.78, 5) is 29.4. The van der Waals surface area contributed by atoms with Gasteiger partial charge in [-0.25, -0.2) is 0 Å². The van der Waals surface area contributed by atoms with Crippen molar-refractivity contribution in [2.45, 2.75) is 30.2 Å². The molecule has 6 heteroatoms. The van der Waals surface area contributed by atoms with Gasteiger partial charge in [0.15, 0.2) is 0 Å². The minimum Gasteiger partial charge on any atom is -0.337 e. The summed E-state index contributed by atoms with van der Waals surface area (Å²) in [5, 5.41) is 0. The number of nitrogens with two attached hydrogens (primary N) is 1. The second-order valence-corrected chi connectivity index (χ2v) is 6.73. The predicted molar refractivity (Wildman–Crippen MR) is 87.9 cm³/mol. The predicted octanol–water partition coefficient (Wildman–Crippen LogP) is 1.47. The average molecular weight is 319 g/mol. The molecule has 0 aliphatic carbocycles. The fourth-order valence-corrected chi connectivity index (χ4v) is 4.06. The molecule has 0 radical (unpaired) electrons. The van der Waals surface area contributed by atoms with Crippen molar-refractivity contribution in [3.8, 4) is 0 Å². The van der Waals surface area contributed by atoms with Crippen molar-refractivity contribution in [2.75, 3.05) is 30.3 Å². The van der Waals surface area contributed by atoms with Gasteiger partial charge in [0.05, 0.1) is 11.4 Å². The SMILES string of the molecule is NCC1CCCCN1C(=O)CN1C(=O)CSc2ccccc21. The zero-order valence-corrected chi connectivity index (χ0v) is 13.3. The van der Waals surface area contributed by atoms with Crippen molar-refractivity contribution >= 4 is 29.3 Å². The molecular weight excluding hydrogens is 298 g/mol. The molecule has 0 spiro atoms. The first kappa shape index (κ1) is 15.4. The molecule has 1 aromatic carbocycles. The minimum atomic E-state index is -0.00152. The summed E-state index contributed by atoms with van der Waals surface area (Å²) in [6.07, 6.45) is 3.10. The molecule has 118 valence electrons. The second-order valence-electron chi connectivity index (χ2n) is 5.71. The van der Waals surface area contributed by atoms with Gasteiger partial charge < -0.3 is 15.5 Å². The zero-order chi connectivity index (χ0) is 15.5. The number of thioether (sulfide) groups is 1. The molecule has 1 aromatic rings. The van der Waals surface area contributed by atoms with E-state index in [0.29, 0.717) is 12.3 Å². The number of likely N-dealkylation sites (tertiary alicyclic amines) is 1. The third-order valence-corrected chi connectivity index (χ3v) is 5.37. The van der Waals surface area contributed by atoms with Gasteiger partial charge in [-0.2, -0.15) is 0 Å².